The fourth-order valence-corrected chi connectivity index (χ4v) is 10.0. The highest BCUT2D eigenvalue weighted by Gasteiger charge is 2.48. The van der Waals surface area contributed by atoms with Crippen molar-refractivity contribution in [1.29, 1.82) is 0 Å². The number of nitrogens with zero attached hydrogens (tertiary/aromatic N) is 4. The van der Waals surface area contributed by atoms with Gasteiger partial charge in [0, 0.05) is 49.9 Å². The predicted octanol–water partition coefficient (Wildman–Crippen LogP) is 5.76. The van der Waals surface area contributed by atoms with Crippen molar-refractivity contribution in [3.05, 3.63) is 125 Å². The van der Waals surface area contributed by atoms with Crippen LogP contribution in [0.25, 0.3) is 11.1 Å². The van der Waals surface area contributed by atoms with Gasteiger partial charge in [0.2, 0.25) is 5.91 Å². The number of imide groups is 1. The first-order valence-electron chi connectivity index (χ1n) is 20.8. The molecule has 5 heterocycles. The van der Waals surface area contributed by atoms with Crippen LogP contribution in [0.5, 0.6) is 11.5 Å². The second-order valence-electron chi connectivity index (χ2n) is 16.3. The van der Waals surface area contributed by atoms with E-state index in [-0.39, 0.29) is 24.5 Å². The van der Waals surface area contributed by atoms with Crippen LogP contribution in [0.2, 0.25) is 0 Å². The molecule has 11 heteroatoms. The summed E-state index contributed by atoms with van der Waals surface area (Å²) in [5.74, 6) is 0.0146. The Kier molecular flexibility index (Phi) is 10.5. The van der Waals surface area contributed by atoms with E-state index < -0.39 is 24.1 Å². The van der Waals surface area contributed by atoms with Gasteiger partial charge in [-0.25, -0.2) is 0 Å². The number of rotatable bonds is 11. The number of amides is 3. The van der Waals surface area contributed by atoms with E-state index in [2.05, 4.69) is 75.5 Å². The van der Waals surface area contributed by atoms with Crippen molar-refractivity contribution in [3.63, 3.8) is 0 Å². The summed E-state index contributed by atoms with van der Waals surface area (Å²) in [6.45, 7) is 7.67. The molecule has 0 aliphatic carbocycles. The molecule has 0 spiro atoms. The topological polar surface area (TPSA) is 126 Å². The number of piperidine rings is 2. The van der Waals surface area contributed by atoms with Gasteiger partial charge in [0.15, 0.2) is 0 Å². The van der Waals surface area contributed by atoms with Crippen LogP contribution in [-0.2, 0) is 4.79 Å². The number of allylic oxidation sites excluding steroid dienone is 1. The Bertz CT molecular complexity index is 2200. The van der Waals surface area contributed by atoms with Gasteiger partial charge in [-0.15, -0.1) is 0 Å². The number of carbonyl (C=O) groups excluding carboxylic acids is 3. The molecule has 58 heavy (non-hydrogen) atoms. The van der Waals surface area contributed by atoms with Crippen molar-refractivity contribution in [2.24, 2.45) is 0 Å². The zero-order chi connectivity index (χ0) is 39.9. The number of carbonyl (C=O) groups is 3. The van der Waals surface area contributed by atoms with Gasteiger partial charge < -0.3 is 25.2 Å². The molecule has 4 atom stereocenters. The third kappa shape index (κ3) is 7.27. The van der Waals surface area contributed by atoms with Gasteiger partial charge in [0.25, 0.3) is 11.8 Å². The van der Waals surface area contributed by atoms with Gasteiger partial charge in [-0.05, 0) is 115 Å². The SMILES string of the molecule is CC/C(=C(\c1ccc(O)cc1)c1ccc(OCCN2CCC(N3CC4CC3CN4c3ccc4c(c3)C(=O)N(C3CCC(=O)NC3O)C4=O)CC2)cc1)c1ccccc1. The van der Waals surface area contributed by atoms with E-state index in [1.54, 1.807) is 18.2 Å². The Hall–Kier alpha value is -5.49. The van der Waals surface area contributed by atoms with Crippen molar-refractivity contribution in [3.8, 4) is 11.5 Å². The van der Waals surface area contributed by atoms with Crippen molar-refractivity contribution in [2.75, 3.05) is 44.2 Å². The van der Waals surface area contributed by atoms with Crippen molar-refractivity contribution in [2.45, 2.75) is 75.8 Å². The van der Waals surface area contributed by atoms with E-state index in [1.165, 1.54) is 11.1 Å². The van der Waals surface area contributed by atoms with E-state index in [9.17, 15) is 24.6 Å². The molecule has 0 aromatic heterocycles. The first-order chi connectivity index (χ1) is 28.2. The van der Waals surface area contributed by atoms with Gasteiger partial charge >= 0.3 is 0 Å². The average molecular weight is 782 g/mol. The number of hydrogen-bond donors (Lipinski definition) is 3. The molecule has 0 saturated carbocycles. The van der Waals surface area contributed by atoms with Gasteiger partial charge in [-0.3, -0.25) is 29.1 Å². The van der Waals surface area contributed by atoms with Crippen molar-refractivity contribution >= 4 is 34.6 Å². The van der Waals surface area contributed by atoms with Gasteiger partial charge in [-0.1, -0.05) is 61.5 Å². The van der Waals surface area contributed by atoms with Crippen LogP contribution in [0.4, 0.5) is 5.69 Å². The molecule has 4 fully saturated rings. The number of benzene rings is 4. The normalized spacial score (nSPS) is 24.3. The maximum Gasteiger partial charge on any atom is 0.262 e. The average Bonchev–Trinajstić information content (AvgIpc) is 3.93. The highest BCUT2D eigenvalue weighted by Crippen LogP contribution is 2.40. The molecule has 11 nitrogen and oxygen atoms in total. The van der Waals surface area contributed by atoms with Gasteiger partial charge in [0.1, 0.15) is 24.3 Å². The molecule has 4 aromatic rings. The molecule has 3 amide bonds. The zero-order valence-corrected chi connectivity index (χ0v) is 32.9. The molecular weight excluding hydrogens is 731 g/mol. The summed E-state index contributed by atoms with van der Waals surface area (Å²) in [5, 5.41) is 22.9. The smallest absolute Gasteiger partial charge is 0.262 e. The second kappa shape index (κ2) is 16.0. The van der Waals surface area contributed by atoms with Crippen LogP contribution in [0.3, 0.4) is 0 Å². The van der Waals surface area contributed by atoms with Crippen LogP contribution < -0.4 is 15.0 Å². The number of ether oxygens (including phenoxy) is 1. The highest BCUT2D eigenvalue weighted by molar-refractivity contribution is 6.22. The van der Waals surface area contributed by atoms with Crippen LogP contribution in [-0.4, -0.2) is 112 Å². The van der Waals surface area contributed by atoms with Crippen LogP contribution in [0.1, 0.15) is 82.9 Å². The Labute approximate surface area is 339 Å². The number of phenolic OH excluding ortho intramolecular Hbond substituents is 1. The molecule has 2 bridgehead atoms. The Morgan fingerprint density at radius 2 is 1.48 bits per heavy atom. The number of aliphatic hydroxyl groups is 1. The second-order valence-corrected chi connectivity index (χ2v) is 16.3. The number of anilines is 1. The van der Waals surface area contributed by atoms with E-state index in [0.29, 0.717) is 35.9 Å². The summed E-state index contributed by atoms with van der Waals surface area (Å²) in [6, 6.07) is 32.5. The van der Waals surface area contributed by atoms with Crippen molar-refractivity contribution in [1.82, 2.24) is 20.0 Å². The molecule has 5 aliphatic rings. The van der Waals surface area contributed by atoms with Crippen molar-refractivity contribution < 1.29 is 29.3 Å². The number of aromatic hydroxyl groups is 1. The Morgan fingerprint density at radius 1 is 0.776 bits per heavy atom. The number of piperazine rings is 1. The molecule has 5 aliphatic heterocycles. The third-order valence-electron chi connectivity index (χ3n) is 13.0. The first kappa shape index (κ1) is 38.1. The largest absolute Gasteiger partial charge is 0.508 e. The summed E-state index contributed by atoms with van der Waals surface area (Å²) >= 11 is 0. The molecule has 3 N–H and O–H groups in total. The first-order valence-corrected chi connectivity index (χ1v) is 20.8. The number of likely N-dealkylation sites (tertiary alicyclic amines) is 2. The number of phenols is 1. The summed E-state index contributed by atoms with van der Waals surface area (Å²) < 4.78 is 6.27. The monoisotopic (exact) mass is 781 g/mol. The number of hydrogen-bond acceptors (Lipinski definition) is 9. The summed E-state index contributed by atoms with van der Waals surface area (Å²) in [5.41, 5.74) is 7.47. The summed E-state index contributed by atoms with van der Waals surface area (Å²) in [4.78, 5) is 47.2. The predicted molar refractivity (Wildman–Crippen MR) is 223 cm³/mol. The minimum Gasteiger partial charge on any atom is -0.508 e. The quantitative estimate of drug-likeness (QED) is 0.129. The zero-order valence-electron chi connectivity index (χ0n) is 32.9. The maximum absolute atomic E-state index is 13.5. The number of fused-ring (bicyclic) bond motifs is 3. The molecule has 4 saturated heterocycles. The lowest BCUT2D eigenvalue weighted by molar-refractivity contribution is -0.129. The lowest BCUT2D eigenvalue weighted by atomic mass is 9.88. The van der Waals surface area contributed by atoms with Crippen LogP contribution in [0.15, 0.2) is 97.1 Å². The maximum atomic E-state index is 13.5. The number of aliphatic hydroxyl groups excluding tert-OH is 1. The molecule has 4 unspecified atom stereocenters. The third-order valence-corrected chi connectivity index (χ3v) is 13.0. The van der Waals surface area contributed by atoms with E-state index in [0.717, 1.165) is 91.4 Å². The van der Waals surface area contributed by atoms with E-state index >= 15 is 0 Å². The molecule has 300 valence electrons. The summed E-state index contributed by atoms with van der Waals surface area (Å²) in [6.07, 6.45) is 3.37. The Morgan fingerprint density at radius 3 is 2.16 bits per heavy atom. The lowest BCUT2D eigenvalue weighted by Crippen LogP contribution is -2.57. The minimum absolute atomic E-state index is 0.163. The highest BCUT2D eigenvalue weighted by atomic mass is 16.5. The van der Waals surface area contributed by atoms with E-state index in [4.69, 9.17) is 4.74 Å². The lowest BCUT2D eigenvalue weighted by Gasteiger charge is -2.43. The minimum atomic E-state index is -1.26. The molecular formula is C47H51N5O6. The number of nitrogens with one attached hydrogen (secondary N) is 1. The van der Waals surface area contributed by atoms with E-state index in [1.807, 2.05) is 30.3 Å². The standard InChI is InChI=1S/C47H51N5O6/c1-2-39(30-6-4-3-5-7-30)44(31-8-13-37(53)14-9-31)32-10-15-38(16-11-32)58-25-24-49-22-20-33(21-23-49)50-28-36-26-35(50)29-51(36)34-12-17-40-41(27-34)47(57)52(46(40)56)42-18-19-43(54)48-45(42)55/h3-17,27,33,35-36,42,45,53,55H,2,18-26,28-29H2,1H3,(H,48,54)/b44-39-. The Balaban J connectivity index is 0.766. The summed E-state index contributed by atoms with van der Waals surface area (Å²) in [7, 11) is 0. The van der Waals surface area contributed by atoms with Crippen LogP contribution in [0, 0.1) is 0 Å². The van der Waals surface area contributed by atoms with Gasteiger partial charge in [0.05, 0.1) is 17.2 Å². The van der Waals surface area contributed by atoms with Gasteiger partial charge in [-0.2, -0.15) is 0 Å². The fraction of sp³-hybridized carbons (Fsp3) is 0.383. The molecule has 4 aromatic carbocycles. The molecule has 0 radical (unpaired) electrons. The fourth-order valence-electron chi connectivity index (χ4n) is 10.0. The van der Waals surface area contributed by atoms with Crippen LogP contribution >= 0.6 is 0 Å². The molecule has 9 rings (SSSR count).